The number of benzene rings is 1. The lowest BCUT2D eigenvalue weighted by molar-refractivity contribution is 0.580. The molecule has 18 heavy (non-hydrogen) atoms. The van der Waals surface area contributed by atoms with Crippen LogP contribution in [0.5, 0.6) is 0 Å². The van der Waals surface area contributed by atoms with Crippen molar-refractivity contribution in [1.82, 2.24) is 0 Å². The van der Waals surface area contributed by atoms with Gasteiger partial charge in [0.2, 0.25) is 0 Å². The van der Waals surface area contributed by atoms with E-state index in [-0.39, 0.29) is 10.2 Å². The van der Waals surface area contributed by atoms with Crippen molar-refractivity contribution in [3.8, 4) is 6.07 Å². The van der Waals surface area contributed by atoms with E-state index in [1.165, 1.54) is 17.4 Å². The van der Waals surface area contributed by atoms with E-state index in [9.17, 15) is 8.78 Å². The van der Waals surface area contributed by atoms with Gasteiger partial charge in [-0.2, -0.15) is 5.26 Å². The molecule has 0 saturated carbocycles. The second kappa shape index (κ2) is 5.46. The van der Waals surface area contributed by atoms with Crippen molar-refractivity contribution in [2.75, 3.05) is 5.32 Å². The van der Waals surface area contributed by atoms with Crippen LogP contribution in [0, 0.1) is 23.0 Å². The number of thiophene rings is 1. The molecule has 0 radical (unpaired) electrons. The summed E-state index contributed by atoms with van der Waals surface area (Å²) in [5.74, 6) is -1.28. The lowest BCUT2D eigenvalue weighted by Crippen LogP contribution is -2.00. The summed E-state index contributed by atoms with van der Waals surface area (Å²) in [5.41, 5.74) is 0.799. The van der Waals surface area contributed by atoms with Crippen LogP contribution in [0.25, 0.3) is 0 Å². The van der Waals surface area contributed by atoms with Gasteiger partial charge in [0, 0.05) is 22.9 Å². The van der Waals surface area contributed by atoms with Crippen LogP contribution in [0.4, 0.5) is 14.5 Å². The summed E-state index contributed by atoms with van der Waals surface area (Å²) in [5, 5.41) is 13.3. The second-order valence-corrected chi connectivity index (χ2v) is 5.36. The van der Waals surface area contributed by atoms with Gasteiger partial charge in [0.25, 0.3) is 0 Å². The lowest BCUT2D eigenvalue weighted by Gasteiger charge is -2.07. The van der Waals surface area contributed by atoms with Crippen molar-refractivity contribution in [2.24, 2.45) is 0 Å². The zero-order valence-corrected chi connectivity index (χ0v) is 11.4. The first kappa shape index (κ1) is 13.0. The Morgan fingerprint density at radius 1 is 1.28 bits per heavy atom. The Balaban J connectivity index is 2.11. The summed E-state index contributed by atoms with van der Waals surface area (Å²) in [7, 11) is 0. The average Bonchev–Trinajstić information content (AvgIpc) is 2.80. The van der Waals surface area contributed by atoms with Crippen LogP contribution in [-0.2, 0) is 6.54 Å². The summed E-state index contributed by atoms with van der Waals surface area (Å²) in [6.07, 6.45) is 0. The third-order valence-electron chi connectivity index (χ3n) is 2.25. The summed E-state index contributed by atoms with van der Waals surface area (Å²) >= 11 is 4.41. The zero-order chi connectivity index (χ0) is 13.1. The Morgan fingerprint density at radius 2 is 2.06 bits per heavy atom. The van der Waals surface area contributed by atoms with E-state index >= 15 is 0 Å². The van der Waals surface area contributed by atoms with Crippen LogP contribution in [0.2, 0.25) is 0 Å². The molecule has 0 atom stereocenters. The topological polar surface area (TPSA) is 35.8 Å². The smallest absolute Gasteiger partial charge is 0.149 e. The number of nitrogens with one attached hydrogen (secondary N) is 1. The number of hydrogen-bond acceptors (Lipinski definition) is 3. The molecule has 0 aliphatic heterocycles. The van der Waals surface area contributed by atoms with Gasteiger partial charge < -0.3 is 5.32 Å². The highest BCUT2D eigenvalue weighted by Gasteiger charge is 2.08. The van der Waals surface area contributed by atoms with E-state index in [1.54, 1.807) is 11.4 Å². The molecule has 0 aliphatic carbocycles. The van der Waals surface area contributed by atoms with Crippen LogP contribution in [0.15, 0.2) is 28.1 Å². The number of nitriles is 1. The number of halogens is 3. The summed E-state index contributed by atoms with van der Waals surface area (Å²) < 4.78 is 26.7. The molecule has 0 fully saturated rings. The Hall–Kier alpha value is -1.45. The minimum absolute atomic E-state index is 0.204. The fourth-order valence-corrected chi connectivity index (χ4v) is 2.47. The molecule has 0 unspecified atom stereocenters. The number of rotatable bonds is 3. The van der Waals surface area contributed by atoms with Crippen LogP contribution in [0.3, 0.4) is 0 Å². The Morgan fingerprint density at radius 3 is 2.72 bits per heavy atom. The highest BCUT2D eigenvalue weighted by atomic mass is 79.9. The van der Waals surface area contributed by atoms with Gasteiger partial charge >= 0.3 is 0 Å². The van der Waals surface area contributed by atoms with Crippen LogP contribution >= 0.6 is 27.3 Å². The molecule has 2 nitrogen and oxygen atoms in total. The molecule has 0 bridgehead atoms. The molecule has 0 saturated heterocycles. The molecule has 1 aromatic carbocycles. The first-order chi connectivity index (χ1) is 8.60. The average molecular weight is 329 g/mol. The minimum atomic E-state index is -0.646. The molecule has 92 valence electrons. The van der Waals surface area contributed by atoms with E-state index in [2.05, 4.69) is 21.2 Å². The maximum absolute atomic E-state index is 13.4. The maximum Gasteiger partial charge on any atom is 0.149 e. The fraction of sp³-hybridized carbons (Fsp3) is 0.0833. The molecule has 0 spiro atoms. The zero-order valence-electron chi connectivity index (χ0n) is 9.01. The third-order valence-corrected chi connectivity index (χ3v) is 3.79. The highest BCUT2D eigenvalue weighted by Crippen LogP contribution is 2.24. The van der Waals surface area contributed by atoms with Crippen LogP contribution in [-0.4, -0.2) is 0 Å². The predicted octanol–water partition coefficient (Wildman–Crippen LogP) is 4.27. The van der Waals surface area contributed by atoms with Gasteiger partial charge in [0.15, 0.2) is 0 Å². The highest BCUT2D eigenvalue weighted by molar-refractivity contribution is 9.10. The monoisotopic (exact) mass is 328 g/mol. The van der Waals surface area contributed by atoms with Gasteiger partial charge in [-0.15, -0.1) is 11.3 Å². The SMILES string of the molecule is N#Cc1csc(CNc2cc(Br)c(F)cc2F)c1. The Kier molecular flexibility index (Phi) is 3.94. The summed E-state index contributed by atoms with van der Waals surface area (Å²) in [6.45, 7) is 0.390. The first-order valence-electron chi connectivity index (χ1n) is 4.96. The molecular formula is C12H7BrF2N2S. The van der Waals surface area contributed by atoms with Gasteiger partial charge in [0.1, 0.15) is 17.7 Å². The van der Waals surface area contributed by atoms with Gasteiger partial charge in [-0.3, -0.25) is 0 Å². The van der Waals surface area contributed by atoms with Crippen molar-refractivity contribution in [3.63, 3.8) is 0 Å². The van der Waals surface area contributed by atoms with Gasteiger partial charge in [-0.25, -0.2) is 8.78 Å². The molecule has 1 aromatic heterocycles. The number of hydrogen-bond donors (Lipinski definition) is 1. The normalized spacial score (nSPS) is 10.1. The van der Waals surface area contributed by atoms with Crippen LogP contribution in [0.1, 0.15) is 10.4 Å². The van der Waals surface area contributed by atoms with Gasteiger partial charge in [-0.05, 0) is 28.1 Å². The van der Waals surface area contributed by atoms with E-state index in [0.717, 1.165) is 10.9 Å². The second-order valence-electron chi connectivity index (χ2n) is 3.51. The molecule has 2 rings (SSSR count). The largest absolute Gasteiger partial charge is 0.378 e. The Bertz CT molecular complexity index is 619. The van der Waals surface area contributed by atoms with E-state index in [1.807, 2.05) is 6.07 Å². The van der Waals surface area contributed by atoms with Crippen molar-refractivity contribution < 1.29 is 8.78 Å². The lowest BCUT2D eigenvalue weighted by atomic mass is 10.3. The number of anilines is 1. The van der Waals surface area contributed by atoms with Gasteiger partial charge in [-0.1, -0.05) is 0 Å². The van der Waals surface area contributed by atoms with Crippen molar-refractivity contribution in [3.05, 3.63) is 50.1 Å². The van der Waals surface area contributed by atoms with Crippen LogP contribution < -0.4 is 5.32 Å². The molecular weight excluding hydrogens is 322 g/mol. The standard InChI is InChI=1S/C12H7BrF2N2S/c13-9-2-12(11(15)3-10(9)14)17-5-8-1-7(4-16)6-18-8/h1-3,6,17H,5H2. The van der Waals surface area contributed by atoms with Gasteiger partial charge in [0.05, 0.1) is 15.7 Å². The summed E-state index contributed by atoms with van der Waals surface area (Å²) in [4.78, 5) is 0.909. The molecule has 6 heteroatoms. The Labute approximate surface area is 115 Å². The first-order valence-corrected chi connectivity index (χ1v) is 6.63. The molecule has 0 aliphatic rings. The predicted molar refractivity (Wildman–Crippen MR) is 70.4 cm³/mol. The van der Waals surface area contributed by atoms with E-state index in [0.29, 0.717) is 12.1 Å². The molecule has 2 aromatic rings. The maximum atomic E-state index is 13.4. The van der Waals surface area contributed by atoms with E-state index in [4.69, 9.17) is 5.26 Å². The third kappa shape index (κ3) is 2.86. The quantitative estimate of drug-likeness (QED) is 0.854. The molecule has 0 amide bonds. The molecule has 1 N–H and O–H groups in total. The minimum Gasteiger partial charge on any atom is -0.378 e. The molecule has 1 heterocycles. The number of nitrogens with zero attached hydrogens (tertiary/aromatic N) is 1. The fourth-order valence-electron chi connectivity index (χ4n) is 1.37. The van der Waals surface area contributed by atoms with Crippen molar-refractivity contribution >= 4 is 33.0 Å². The van der Waals surface area contributed by atoms with E-state index < -0.39 is 11.6 Å². The van der Waals surface area contributed by atoms with Crippen molar-refractivity contribution in [1.29, 1.82) is 5.26 Å². The summed E-state index contributed by atoms with van der Waals surface area (Å²) in [6, 6.07) is 5.93. The van der Waals surface area contributed by atoms with Crippen molar-refractivity contribution in [2.45, 2.75) is 6.54 Å².